The van der Waals surface area contributed by atoms with E-state index in [1.807, 2.05) is 18.7 Å². The van der Waals surface area contributed by atoms with Crippen molar-refractivity contribution in [3.63, 3.8) is 0 Å². The van der Waals surface area contributed by atoms with Crippen LogP contribution in [0.5, 0.6) is 0 Å². The van der Waals surface area contributed by atoms with E-state index in [0.29, 0.717) is 71.0 Å². The molecular formula is C21H42N2O6. The Balaban J connectivity index is 3.51. The van der Waals surface area contributed by atoms with Gasteiger partial charge in [-0.15, -0.1) is 0 Å². The summed E-state index contributed by atoms with van der Waals surface area (Å²) in [6.45, 7) is 13.2. The zero-order valence-corrected chi connectivity index (χ0v) is 18.8. The zero-order valence-electron chi connectivity index (χ0n) is 18.8. The van der Waals surface area contributed by atoms with E-state index in [0.717, 1.165) is 19.4 Å². The summed E-state index contributed by atoms with van der Waals surface area (Å²) in [6, 6.07) is 0. The fraction of sp³-hybridized carbons (Fsp3) is 0.905. The maximum absolute atomic E-state index is 11.4. The van der Waals surface area contributed by atoms with Crippen LogP contribution in [0.1, 0.15) is 47.0 Å². The Morgan fingerprint density at radius 1 is 0.862 bits per heavy atom. The Kier molecular flexibility index (Phi) is 18.0. The van der Waals surface area contributed by atoms with Gasteiger partial charge in [0.1, 0.15) is 0 Å². The van der Waals surface area contributed by atoms with E-state index in [-0.39, 0.29) is 12.5 Å². The lowest BCUT2D eigenvalue weighted by Crippen LogP contribution is -2.34. The molecule has 0 heterocycles. The minimum Gasteiger partial charge on any atom is -0.480 e. The highest BCUT2D eigenvalue weighted by Crippen LogP contribution is 2.05. The molecule has 2 N–H and O–H groups in total. The standard InChI is InChI=1S/C21H42N2O6/c1-18(2)6-5-8-23(17-21(25)26)9-11-28-13-15-29-14-12-27-10-7-22-20(24)16-19(3)4/h18-19H,5-17H2,1-4H3,(H,22,24)(H,25,26). The summed E-state index contributed by atoms with van der Waals surface area (Å²) >= 11 is 0. The van der Waals surface area contributed by atoms with Gasteiger partial charge in [-0.05, 0) is 31.2 Å². The lowest BCUT2D eigenvalue weighted by molar-refractivity contribution is -0.138. The van der Waals surface area contributed by atoms with Gasteiger partial charge in [-0.25, -0.2) is 0 Å². The molecule has 0 atom stereocenters. The second-order valence-corrected chi connectivity index (χ2v) is 7.99. The van der Waals surface area contributed by atoms with Crippen LogP contribution >= 0.6 is 0 Å². The Labute approximate surface area is 176 Å². The van der Waals surface area contributed by atoms with Crippen LogP contribution < -0.4 is 5.32 Å². The maximum atomic E-state index is 11.4. The molecule has 0 spiro atoms. The first-order valence-corrected chi connectivity index (χ1v) is 10.7. The van der Waals surface area contributed by atoms with Crippen molar-refractivity contribution in [1.29, 1.82) is 0 Å². The summed E-state index contributed by atoms with van der Waals surface area (Å²) < 4.78 is 16.4. The number of ether oxygens (including phenoxy) is 3. The lowest BCUT2D eigenvalue weighted by Gasteiger charge is -2.20. The van der Waals surface area contributed by atoms with E-state index in [4.69, 9.17) is 19.3 Å². The molecule has 0 rings (SSSR count). The number of amides is 1. The zero-order chi connectivity index (χ0) is 21.9. The first-order valence-electron chi connectivity index (χ1n) is 10.7. The monoisotopic (exact) mass is 418 g/mol. The third-order valence-electron chi connectivity index (χ3n) is 4.07. The first-order chi connectivity index (χ1) is 13.8. The molecule has 172 valence electrons. The molecule has 1 amide bonds. The van der Waals surface area contributed by atoms with Crippen LogP contribution in [-0.2, 0) is 23.8 Å². The third kappa shape index (κ3) is 21.3. The molecule has 8 nitrogen and oxygen atoms in total. The number of carbonyl (C=O) groups is 2. The average Bonchev–Trinajstić information content (AvgIpc) is 2.61. The van der Waals surface area contributed by atoms with Crippen LogP contribution in [0.3, 0.4) is 0 Å². The lowest BCUT2D eigenvalue weighted by atomic mass is 10.1. The molecule has 8 heteroatoms. The van der Waals surface area contributed by atoms with Crippen LogP contribution in [0.25, 0.3) is 0 Å². The van der Waals surface area contributed by atoms with Gasteiger partial charge in [-0.3, -0.25) is 14.5 Å². The van der Waals surface area contributed by atoms with Gasteiger partial charge in [0.05, 0.1) is 46.2 Å². The number of hydrogen-bond donors (Lipinski definition) is 2. The van der Waals surface area contributed by atoms with E-state index >= 15 is 0 Å². The van der Waals surface area contributed by atoms with Crippen molar-refractivity contribution in [2.75, 3.05) is 65.8 Å². The molecule has 0 aliphatic heterocycles. The van der Waals surface area contributed by atoms with Crippen molar-refractivity contribution < 1.29 is 28.9 Å². The van der Waals surface area contributed by atoms with Gasteiger partial charge in [0.15, 0.2) is 0 Å². The predicted octanol–water partition coefficient (Wildman–Crippen LogP) is 2.02. The fourth-order valence-electron chi connectivity index (χ4n) is 2.63. The van der Waals surface area contributed by atoms with Crippen LogP contribution in [-0.4, -0.2) is 87.7 Å². The van der Waals surface area contributed by atoms with Gasteiger partial charge >= 0.3 is 5.97 Å². The predicted molar refractivity (Wildman–Crippen MR) is 113 cm³/mol. The van der Waals surface area contributed by atoms with Crippen molar-refractivity contribution in [3.05, 3.63) is 0 Å². The average molecular weight is 419 g/mol. The van der Waals surface area contributed by atoms with Gasteiger partial charge in [0.25, 0.3) is 0 Å². The number of carboxylic acids is 1. The van der Waals surface area contributed by atoms with Crippen LogP contribution in [0.4, 0.5) is 0 Å². The quantitative estimate of drug-likeness (QED) is 0.292. The van der Waals surface area contributed by atoms with Gasteiger partial charge in [-0.2, -0.15) is 0 Å². The molecule has 0 bridgehead atoms. The van der Waals surface area contributed by atoms with Crippen molar-refractivity contribution in [2.24, 2.45) is 11.8 Å². The fourth-order valence-corrected chi connectivity index (χ4v) is 2.63. The SMILES string of the molecule is CC(C)CCCN(CCOCCOCCOCCNC(=O)CC(C)C)CC(=O)O. The number of rotatable bonds is 20. The normalized spacial score (nSPS) is 11.6. The van der Waals surface area contributed by atoms with E-state index in [9.17, 15) is 9.59 Å². The molecular weight excluding hydrogens is 376 g/mol. The van der Waals surface area contributed by atoms with E-state index in [1.54, 1.807) is 0 Å². The number of carbonyl (C=O) groups excluding carboxylic acids is 1. The number of hydrogen-bond acceptors (Lipinski definition) is 6. The second-order valence-electron chi connectivity index (χ2n) is 7.99. The Morgan fingerprint density at radius 3 is 2.00 bits per heavy atom. The summed E-state index contributed by atoms with van der Waals surface area (Å²) in [6.07, 6.45) is 2.63. The summed E-state index contributed by atoms with van der Waals surface area (Å²) in [5, 5.41) is 11.8. The number of carboxylic acid groups (broad SMARTS) is 1. The Hall–Kier alpha value is -1.22. The molecule has 0 aliphatic carbocycles. The van der Waals surface area contributed by atoms with Crippen molar-refractivity contribution in [2.45, 2.75) is 47.0 Å². The van der Waals surface area contributed by atoms with Gasteiger partial charge in [-0.1, -0.05) is 27.7 Å². The Bertz CT molecular complexity index is 418. The molecule has 0 aromatic carbocycles. The van der Waals surface area contributed by atoms with Crippen molar-refractivity contribution >= 4 is 11.9 Å². The third-order valence-corrected chi connectivity index (χ3v) is 4.07. The highest BCUT2D eigenvalue weighted by molar-refractivity contribution is 5.75. The number of nitrogens with zero attached hydrogens (tertiary/aromatic N) is 1. The van der Waals surface area contributed by atoms with Gasteiger partial charge in [0, 0.05) is 19.5 Å². The van der Waals surface area contributed by atoms with Gasteiger partial charge < -0.3 is 24.6 Å². The highest BCUT2D eigenvalue weighted by Gasteiger charge is 2.09. The summed E-state index contributed by atoms with van der Waals surface area (Å²) in [5.41, 5.74) is 0. The minimum absolute atomic E-state index is 0.0488. The molecule has 0 aromatic rings. The molecule has 0 saturated carbocycles. The first kappa shape index (κ1) is 27.8. The maximum Gasteiger partial charge on any atom is 0.317 e. The largest absolute Gasteiger partial charge is 0.480 e. The highest BCUT2D eigenvalue weighted by atomic mass is 16.5. The summed E-state index contributed by atoms with van der Waals surface area (Å²) in [4.78, 5) is 24.3. The van der Waals surface area contributed by atoms with Crippen LogP contribution in [0.2, 0.25) is 0 Å². The molecule has 0 unspecified atom stereocenters. The van der Waals surface area contributed by atoms with E-state index in [1.165, 1.54) is 0 Å². The number of nitrogens with one attached hydrogen (secondary N) is 1. The molecule has 0 saturated heterocycles. The van der Waals surface area contributed by atoms with E-state index in [2.05, 4.69) is 19.2 Å². The Morgan fingerprint density at radius 2 is 1.45 bits per heavy atom. The summed E-state index contributed by atoms with van der Waals surface area (Å²) in [5.74, 6) is 0.232. The van der Waals surface area contributed by atoms with Crippen molar-refractivity contribution in [3.8, 4) is 0 Å². The smallest absolute Gasteiger partial charge is 0.317 e. The van der Waals surface area contributed by atoms with Crippen LogP contribution in [0, 0.1) is 11.8 Å². The molecule has 0 aliphatic rings. The second kappa shape index (κ2) is 18.8. The van der Waals surface area contributed by atoms with Crippen molar-refractivity contribution in [1.82, 2.24) is 10.2 Å². The summed E-state index contributed by atoms with van der Waals surface area (Å²) in [7, 11) is 0. The molecule has 0 aromatic heterocycles. The van der Waals surface area contributed by atoms with Gasteiger partial charge in [0.2, 0.25) is 5.91 Å². The molecule has 29 heavy (non-hydrogen) atoms. The topological polar surface area (TPSA) is 97.3 Å². The van der Waals surface area contributed by atoms with Crippen LogP contribution in [0.15, 0.2) is 0 Å². The molecule has 0 radical (unpaired) electrons. The minimum atomic E-state index is -0.808. The van der Waals surface area contributed by atoms with E-state index < -0.39 is 5.97 Å². The molecule has 0 fully saturated rings. The number of aliphatic carboxylic acids is 1.